The minimum atomic E-state index is -1.08. The normalized spacial score (nSPS) is 11.1. The van der Waals surface area contributed by atoms with Gasteiger partial charge in [0.25, 0.3) is 0 Å². The predicted octanol–water partition coefficient (Wildman–Crippen LogP) is 4.81. The number of esters is 1. The van der Waals surface area contributed by atoms with Crippen molar-refractivity contribution in [1.29, 1.82) is 0 Å². The van der Waals surface area contributed by atoms with Crippen molar-refractivity contribution in [2.45, 2.75) is 31.5 Å². The Bertz CT molecular complexity index is 837. The van der Waals surface area contributed by atoms with E-state index >= 15 is 0 Å². The Hall–Kier alpha value is -2.34. The molecule has 0 spiro atoms. The third-order valence-electron chi connectivity index (χ3n) is 3.90. The highest BCUT2D eigenvalue weighted by Gasteiger charge is 2.22. The summed E-state index contributed by atoms with van der Waals surface area (Å²) in [7, 11) is 1.59. The van der Waals surface area contributed by atoms with Crippen LogP contribution in [-0.2, 0) is 10.7 Å². The Kier molecular flexibility index (Phi) is 6.08. The number of methoxy groups -OCH3 is 1. The lowest BCUT2D eigenvalue weighted by molar-refractivity contribution is 0.0687. The molecule has 0 aliphatic rings. The second-order valence-electron chi connectivity index (χ2n) is 6.82. The number of halogens is 1. The highest BCUT2D eigenvalue weighted by Crippen LogP contribution is 2.32. The Balaban J connectivity index is 2.39. The molecule has 26 heavy (non-hydrogen) atoms. The fourth-order valence-corrected chi connectivity index (χ4v) is 2.94. The molecule has 0 atom stereocenters. The fourth-order valence-electron chi connectivity index (χ4n) is 2.47. The highest BCUT2D eigenvalue weighted by molar-refractivity contribution is 9.08. The molecule has 0 fully saturated rings. The number of rotatable bonds is 5. The molecule has 2 rings (SSSR count). The van der Waals surface area contributed by atoms with E-state index in [1.54, 1.807) is 31.4 Å². The van der Waals surface area contributed by atoms with Crippen LogP contribution in [0.25, 0.3) is 0 Å². The van der Waals surface area contributed by atoms with Gasteiger partial charge >= 0.3 is 11.9 Å². The maximum absolute atomic E-state index is 12.6. The number of carboxylic acid groups (broad SMARTS) is 1. The van der Waals surface area contributed by atoms with Crippen LogP contribution < -0.4 is 9.47 Å². The number of alkyl halides is 1. The Labute approximate surface area is 161 Å². The predicted molar refractivity (Wildman–Crippen MR) is 103 cm³/mol. The van der Waals surface area contributed by atoms with Crippen molar-refractivity contribution in [3.8, 4) is 11.5 Å². The molecule has 1 N–H and O–H groups in total. The van der Waals surface area contributed by atoms with Crippen molar-refractivity contribution in [2.24, 2.45) is 0 Å². The van der Waals surface area contributed by atoms with Crippen LogP contribution in [0.2, 0.25) is 0 Å². The largest absolute Gasteiger partial charge is 0.496 e. The van der Waals surface area contributed by atoms with Gasteiger partial charge in [0.15, 0.2) is 0 Å². The standard InChI is InChI=1S/C20H21BrO5/c1-20(2,3)15-9-13(7-8-16(15)25-4)19(24)26-17-10-12(18(22)23)5-6-14(17)11-21/h5-10H,11H2,1-4H3,(H,22,23). The monoisotopic (exact) mass is 420 g/mol. The highest BCUT2D eigenvalue weighted by atomic mass is 79.9. The molecule has 0 radical (unpaired) electrons. The molecule has 0 saturated heterocycles. The molecule has 0 unspecified atom stereocenters. The number of hydrogen-bond acceptors (Lipinski definition) is 4. The molecule has 2 aromatic carbocycles. The van der Waals surface area contributed by atoms with Gasteiger partial charge in [-0.2, -0.15) is 0 Å². The molecule has 6 heteroatoms. The van der Waals surface area contributed by atoms with Crippen LogP contribution in [-0.4, -0.2) is 24.2 Å². The molecule has 0 aliphatic carbocycles. The molecule has 0 aliphatic heterocycles. The van der Waals surface area contributed by atoms with Crippen LogP contribution >= 0.6 is 15.9 Å². The Morgan fingerprint density at radius 1 is 1.04 bits per heavy atom. The summed E-state index contributed by atoms with van der Waals surface area (Å²) in [5, 5.41) is 9.58. The lowest BCUT2D eigenvalue weighted by Gasteiger charge is -2.22. The van der Waals surface area contributed by atoms with E-state index in [0.717, 1.165) is 5.56 Å². The van der Waals surface area contributed by atoms with Gasteiger partial charge in [0.1, 0.15) is 11.5 Å². The van der Waals surface area contributed by atoms with Gasteiger partial charge in [0.05, 0.1) is 18.2 Å². The van der Waals surface area contributed by atoms with Crippen LogP contribution in [0.3, 0.4) is 0 Å². The van der Waals surface area contributed by atoms with Gasteiger partial charge in [0.2, 0.25) is 0 Å². The molecule has 2 aromatic rings. The molecular formula is C20H21BrO5. The first kappa shape index (κ1) is 20.0. The van der Waals surface area contributed by atoms with E-state index in [2.05, 4.69) is 15.9 Å². The van der Waals surface area contributed by atoms with Gasteiger partial charge in [-0.05, 0) is 35.7 Å². The molecule has 5 nitrogen and oxygen atoms in total. The summed E-state index contributed by atoms with van der Waals surface area (Å²) >= 11 is 3.32. The van der Waals surface area contributed by atoms with Crippen LogP contribution in [0.5, 0.6) is 11.5 Å². The molecule has 138 valence electrons. The quantitative estimate of drug-likeness (QED) is 0.426. The second kappa shape index (κ2) is 7.91. The van der Waals surface area contributed by atoms with Crippen molar-refractivity contribution in [1.82, 2.24) is 0 Å². The van der Waals surface area contributed by atoms with Gasteiger partial charge < -0.3 is 14.6 Å². The van der Waals surface area contributed by atoms with Crippen LogP contribution in [0, 0.1) is 0 Å². The SMILES string of the molecule is COc1ccc(C(=O)Oc2cc(C(=O)O)ccc2CBr)cc1C(C)(C)C. The van der Waals surface area contributed by atoms with Gasteiger partial charge in [-0.25, -0.2) is 9.59 Å². The van der Waals surface area contributed by atoms with Crippen LogP contribution in [0.15, 0.2) is 36.4 Å². The molecule has 0 amide bonds. The third-order valence-corrected chi connectivity index (χ3v) is 4.51. The molecular weight excluding hydrogens is 400 g/mol. The summed E-state index contributed by atoms with van der Waals surface area (Å²) in [5.74, 6) is -0.714. The van der Waals surface area contributed by atoms with Crippen molar-refractivity contribution in [3.05, 3.63) is 58.7 Å². The zero-order valence-corrected chi connectivity index (χ0v) is 16.7. The van der Waals surface area contributed by atoms with E-state index in [1.807, 2.05) is 20.8 Å². The first-order valence-electron chi connectivity index (χ1n) is 8.00. The smallest absolute Gasteiger partial charge is 0.343 e. The summed E-state index contributed by atoms with van der Waals surface area (Å²) in [5.41, 5.74) is 1.79. The number of benzene rings is 2. The van der Waals surface area contributed by atoms with Crippen molar-refractivity contribution >= 4 is 27.9 Å². The minimum Gasteiger partial charge on any atom is -0.496 e. The zero-order valence-electron chi connectivity index (χ0n) is 15.1. The maximum Gasteiger partial charge on any atom is 0.343 e. The minimum absolute atomic E-state index is 0.0580. The third kappa shape index (κ3) is 4.43. The zero-order chi connectivity index (χ0) is 19.5. The Morgan fingerprint density at radius 3 is 2.23 bits per heavy atom. The summed E-state index contributed by atoms with van der Waals surface area (Å²) < 4.78 is 10.9. The van der Waals surface area contributed by atoms with Crippen molar-refractivity contribution in [2.75, 3.05) is 7.11 Å². The second-order valence-corrected chi connectivity index (χ2v) is 7.38. The van der Waals surface area contributed by atoms with E-state index in [0.29, 0.717) is 22.2 Å². The summed E-state index contributed by atoms with van der Waals surface area (Å²) in [6, 6.07) is 9.55. The number of aromatic carboxylic acids is 1. The maximum atomic E-state index is 12.6. The molecule has 0 saturated carbocycles. The lowest BCUT2D eigenvalue weighted by atomic mass is 9.85. The van der Waals surface area contributed by atoms with E-state index in [1.165, 1.54) is 12.1 Å². The topological polar surface area (TPSA) is 72.8 Å². The van der Waals surface area contributed by atoms with E-state index < -0.39 is 11.9 Å². The van der Waals surface area contributed by atoms with Gasteiger partial charge in [-0.3, -0.25) is 0 Å². The van der Waals surface area contributed by atoms with Crippen LogP contribution in [0.1, 0.15) is 52.6 Å². The summed E-state index contributed by atoms with van der Waals surface area (Å²) in [4.78, 5) is 23.8. The number of hydrogen-bond donors (Lipinski definition) is 1. The van der Waals surface area contributed by atoms with Gasteiger partial charge in [-0.15, -0.1) is 0 Å². The van der Waals surface area contributed by atoms with Gasteiger partial charge in [0, 0.05) is 16.5 Å². The average Bonchev–Trinajstić information content (AvgIpc) is 2.60. The van der Waals surface area contributed by atoms with Gasteiger partial charge in [-0.1, -0.05) is 42.8 Å². The molecule has 0 heterocycles. The number of ether oxygens (including phenoxy) is 2. The van der Waals surface area contributed by atoms with Crippen molar-refractivity contribution < 1.29 is 24.2 Å². The van der Waals surface area contributed by atoms with E-state index in [9.17, 15) is 9.59 Å². The average molecular weight is 421 g/mol. The first-order valence-corrected chi connectivity index (χ1v) is 9.12. The first-order chi connectivity index (χ1) is 12.2. The summed E-state index contributed by atoms with van der Waals surface area (Å²) in [6.45, 7) is 6.08. The fraction of sp³-hybridized carbons (Fsp3) is 0.300. The van der Waals surface area contributed by atoms with Crippen LogP contribution in [0.4, 0.5) is 0 Å². The van der Waals surface area contributed by atoms with E-state index in [-0.39, 0.29) is 16.7 Å². The molecule has 0 bridgehead atoms. The number of carbonyl (C=O) groups is 2. The molecule has 0 aromatic heterocycles. The number of carbonyl (C=O) groups excluding carboxylic acids is 1. The number of carboxylic acids is 1. The van der Waals surface area contributed by atoms with Crippen molar-refractivity contribution in [3.63, 3.8) is 0 Å². The summed E-state index contributed by atoms with van der Waals surface area (Å²) in [6.07, 6.45) is 0. The lowest BCUT2D eigenvalue weighted by Crippen LogP contribution is -2.16. The van der Waals surface area contributed by atoms with E-state index in [4.69, 9.17) is 14.6 Å². The Morgan fingerprint density at radius 2 is 1.69 bits per heavy atom.